The summed E-state index contributed by atoms with van der Waals surface area (Å²) >= 11 is 0. The summed E-state index contributed by atoms with van der Waals surface area (Å²) in [7, 11) is 0. The van der Waals surface area contributed by atoms with Crippen molar-refractivity contribution in [3.8, 4) is 0 Å². The van der Waals surface area contributed by atoms with Crippen LogP contribution in [0.25, 0.3) is 0 Å². The molecule has 21 heteroatoms. The van der Waals surface area contributed by atoms with Gasteiger partial charge < -0.3 is 104 Å². The van der Waals surface area contributed by atoms with E-state index in [0.717, 1.165) is 32.1 Å². The van der Waals surface area contributed by atoms with Crippen LogP contribution in [0.3, 0.4) is 0 Å². The first kappa shape index (κ1) is 57.1. The summed E-state index contributed by atoms with van der Waals surface area (Å²) in [6.07, 6.45) is -22.4. The van der Waals surface area contributed by atoms with Crippen molar-refractivity contribution >= 4 is 0 Å². The van der Waals surface area contributed by atoms with E-state index in [-0.39, 0.29) is 40.4 Å². The minimum atomic E-state index is -1.77. The van der Waals surface area contributed by atoms with Crippen LogP contribution in [0.1, 0.15) is 106 Å². The van der Waals surface area contributed by atoms with Crippen molar-refractivity contribution in [2.24, 2.45) is 46.3 Å². The second kappa shape index (κ2) is 22.7. The maximum atomic E-state index is 12.1. The summed E-state index contributed by atoms with van der Waals surface area (Å²) in [5.74, 6) is 0.712. The third-order valence-electron chi connectivity index (χ3n) is 18.8. The minimum absolute atomic E-state index is 0.144. The predicted octanol–water partition coefficient (Wildman–Crippen LogP) is -1.32. The maximum Gasteiger partial charge on any atom is 0.187 e. The zero-order valence-corrected chi connectivity index (χ0v) is 42.7. The van der Waals surface area contributed by atoms with E-state index in [0.29, 0.717) is 31.6 Å². The van der Waals surface area contributed by atoms with E-state index in [1.807, 2.05) is 0 Å². The highest BCUT2D eigenvalue weighted by molar-refractivity contribution is 5.26. The van der Waals surface area contributed by atoms with Gasteiger partial charge in [0.05, 0.1) is 43.7 Å². The first-order valence-electron chi connectivity index (χ1n) is 26.6. The Labute approximate surface area is 421 Å². The van der Waals surface area contributed by atoms with E-state index in [2.05, 4.69) is 40.7 Å². The molecule has 0 spiro atoms. The van der Waals surface area contributed by atoms with E-state index in [9.17, 15) is 66.4 Å². The normalized spacial score (nSPS) is 52.8. The van der Waals surface area contributed by atoms with Gasteiger partial charge in [-0.15, -0.1) is 0 Å². The summed E-state index contributed by atoms with van der Waals surface area (Å²) in [6, 6.07) is 0. The lowest BCUT2D eigenvalue weighted by atomic mass is 9.47. The summed E-state index contributed by atoms with van der Waals surface area (Å²) in [5, 5.41) is 140. The smallest absolute Gasteiger partial charge is 0.187 e. The largest absolute Gasteiger partial charge is 0.394 e. The molecule has 0 radical (unpaired) electrons. The van der Waals surface area contributed by atoms with E-state index in [1.165, 1.54) is 19.4 Å². The molecule has 8 rings (SSSR count). The van der Waals surface area contributed by atoms with Gasteiger partial charge in [-0.2, -0.15) is 0 Å². The fraction of sp³-hybridized carbons (Fsp3) is 0.961. The maximum absolute atomic E-state index is 12.1. The molecular formula is C51H86O21. The van der Waals surface area contributed by atoms with Crippen LogP contribution in [0.15, 0.2) is 11.6 Å². The zero-order valence-electron chi connectivity index (χ0n) is 42.7. The Kier molecular flexibility index (Phi) is 18.0. The lowest BCUT2D eigenvalue weighted by molar-refractivity contribution is -0.388. The van der Waals surface area contributed by atoms with Crippen molar-refractivity contribution in [3.63, 3.8) is 0 Å². The molecule has 0 amide bonds. The van der Waals surface area contributed by atoms with Gasteiger partial charge in [0.15, 0.2) is 25.2 Å². The lowest BCUT2D eigenvalue weighted by Gasteiger charge is -2.58. The quantitative estimate of drug-likeness (QED) is 0.0847. The van der Waals surface area contributed by atoms with Crippen LogP contribution in [0, 0.1) is 46.3 Å². The van der Waals surface area contributed by atoms with Crippen molar-refractivity contribution in [3.05, 3.63) is 11.6 Å². The molecule has 4 aliphatic carbocycles. The Morgan fingerprint density at radius 3 is 1.74 bits per heavy atom. The van der Waals surface area contributed by atoms with Crippen molar-refractivity contribution in [2.75, 3.05) is 13.2 Å². The van der Waals surface area contributed by atoms with Crippen molar-refractivity contribution in [2.45, 2.75) is 247 Å². The molecule has 0 unspecified atom stereocenters. The first-order chi connectivity index (χ1) is 33.9. The molecule has 8 aliphatic rings. The number of hydrogen-bond acceptors (Lipinski definition) is 21. The predicted molar refractivity (Wildman–Crippen MR) is 250 cm³/mol. The fourth-order valence-corrected chi connectivity index (χ4v) is 14.4. The molecule has 0 aromatic carbocycles. The van der Waals surface area contributed by atoms with E-state index < -0.39 is 154 Å². The Bertz CT molecular complexity index is 1810. The third-order valence-corrected chi connectivity index (χ3v) is 18.8. The highest BCUT2D eigenvalue weighted by Gasteiger charge is 2.64. The van der Waals surface area contributed by atoms with Gasteiger partial charge in [0.25, 0.3) is 0 Å². The molecule has 0 aromatic rings. The fourth-order valence-electron chi connectivity index (χ4n) is 14.4. The molecule has 3 saturated carbocycles. The highest BCUT2D eigenvalue weighted by Crippen LogP contribution is 2.68. The van der Waals surface area contributed by atoms with Crippen LogP contribution in [0.4, 0.5) is 0 Å². The van der Waals surface area contributed by atoms with Crippen molar-refractivity contribution in [1.82, 2.24) is 0 Å². The van der Waals surface area contributed by atoms with Gasteiger partial charge in [-0.05, 0) is 118 Å². The number of fused-ring (bicyclic) bond motifs is 5. The number of hydrogen-bond donors (Lipinski definition) is 13. The summed E-state index contributed by atoms with van der Waals surface area (Å²) < 4.78 is 49.2. The molecule has 30 atom stereocenters. The SMILES string of the molecule is CC(C)CC[C@H](O)[C@@H](C)[C@H]1[C@@H](O[C@@H]2O[C@H](CO)[C@@H](O)[C@H](O)[C@H]2O)C[C@H]2[C@@H]3CC=C4C[C@@H](O[C@@H]5O[C@H](CO)[C@@H](O[C@@H]6O[C@H](C)[C@H](O)[C@@H](O)[C@H]6O)[C@H](O)[C@H]5O[C@@H]5O[C@H](C)[C@H](O)[C@@H](O)[C@H]5O)CC[C@]4(C)[C@H]3CC[C@]12C. The topological polar surface area (TPSA) is 337 Å². The molecule has 4 aliphatic heterocycles. The second-order valence-electron chi connectivity index (χ2n) is 23.6. The number of ether oxygens (including phenoxy) is 8. The molecule has 13 N–H and O–H groups in total. The van der Waals surface area contributed by atoms with Gasteiger partial charge >= 0.3 is 0 Å². The number of aliphatic hydroxyl groups excluding tert-OH is 13. The summed E-state index contributed by atoms with van der Waals surface area (Å²) in [5.41, 5.74) is 0.687. The van der Waals surface area contributed by atoms with Crippen LogP contribution >= 0.6 is 0 Å². The average Bonchev–Trinajstić information content (AvgIpc) is 3.65. The van der Waals surface area contributed by atoms with E-state index in [4.69, 9.17) is 37.9 Å². The van der Waals surface area contributed by atoms with Crippen LogP contribution in [-0.2, 0) is 37.9 Å². The molecule has 416 valence electrons. The average molecular weight is 1040 g/mol. The van der Waals surface area contributed by atoms with Gasteiger partial charge in [0.1, 0.15) is 85.5 Å². The van der Waals surface area contributed by atoms with E-state index >= 15 is 0 Å². The van der Waals surface area contributed by atoms with Crippen molar-refractivity contribution in [1.29, 1.82) is 0 Å². The van der Waals surface area contributed by atoms with Gasteiger partial charge in [-0.25, -0.2) is 0 Å². The number of aliphatic hydroxyl groups is 13. The lowest BCUT2D eigenvalue weighted by Crippen LogP contribution is -2.66. The van der Waals surface area contributed by atoms with Gasteiger partial charge in [0.2, 0.25) is 0 Å². The zero-order chi connectivity index (χ0) is 52.5. The molecule has 4 heterocycles. The number of rotatable bonds is 15. The van der Waals surface area contributed by atoms with Crippen LogP contribution in [0.2, 0.25) is 0 Å². The summed E-state index contributed by atoms with van der Waals surface area (Å²) in [4.78, 5) is 0. The Morgan fingerprint density at radius 1 is 0.597 bits per heavy atom. The Balaban J connectivity index is 1.02. The minimum Gasteiger partial charge on any atom is -0.394 e. The van der Waals surface area contributed by atoms with Crippen LogP contribution in [0.5, 0.6) is 0 Å². The second-order valence-corrected chi connectivity index (χ2v) is 23.6. The summed E-state index contributed by atoms with van der Waals surface area (Å²) in [6.45, 7) is 12.6. The van der Waals surface area contributed by atoms with E-state index in [1.54, 1.807) is 0 Å². The molecule has 7 fully saturated rings. The van der Waals surface area contributed by atoms with Gasteiger partial charge in [-0.3, -0.25) is 0 Å². The molecule has 21 nitrogen and oxygen atoms in total. The van der Waals surface area contributed by atoms with Crippen LogP contribution < -0.4 is 0 Å². The number of allylic oxidation sites excluding steroid dienone is 1. The monoisotopic (exact) mass is 1030 g/mol. The Hall–Kier alpha value is -1.10. The van der Waals surface area contributed by atoms with Gasteiger partial charge in [0, 0.05) is 0 Å². The van der Waals surface area contributed by atoms with Gasteiger partial charge in [-0.1, -0.05) is 46.3 Å². The third kappa shape index (κ3) is 10.6. The first-order valence-corrected chi connectivity index (χ1v) is 26.6. The molecule has 4 saturated heterocycles. The molecule has 72 heavy (non-hydrogen) atoms. The Morgan fingerprint density at radius 2 is 1.15 bits per heavy atom. The molecule has 0 bridgehead atoms. The highest BCUT2D eigenvalue weighted by atomic mass is 16.8. The van der Waals surface area contributed by atoms with Crippen molar-refractivity contribution < 1.29 is 104 Å². The van der Waals surface area contributed by atoms with Crippen LogP contribution in [-0.4, -0.2) is 221 Å². The standard InChI is InChI=1S/C51H86O21/c1-20(2)8-11-29(54)21(3)33-30(68-48-42(63)39(60)36(57)31(18-52)69-48)17-28-26-10-9-24-16-25(12-14-50(24,6)27(26)13-15-51(28,33)7)67-49-45(72-47-41(62)38(59)35(56)23(5)66-47)43(64)44(32(19-53)70-49)71-46-40(61)37(58)34(55)22(4)65-46/h9,20-23,25-49,52-64H,8,10-19H2,1-7H3/t21-,22-,23-,25+,26-,27+,28+,29+,30+,31-,32-,33+,34+,35+,36-,37-,38-,39+,40-,41-,42-,43+,44-,45-,46+,47+,48-,49-,50+,51+/m1/s1. The molecule has 0 aromatic heterocycles. The molecular weight excluding hydrogens is 949 g/mol.